The lowest BCUT2D eigenvalue weighted by atomic mass is 9.72. The van der Waals surface area contributed by atoms with Crippen LogP contribution in [0.2, 0.25) is 0 Å². The summed E-state index contributed by atoms with van der Waals surface area (Å²) in [5.41, 5.74) is 1.02. The van der Waals surface area contributed by atoms with Crippen molar-refractivity contribution in [3.05, 3.63) is 0 Å². The molecule has 4 fully saturated rings. The Labute approximate surface area is 55.6 Å². The van der Waals surface area contributed by atoms with Crippen molar-refractivity contribution in [3.8, 4) is 0 Å². The van der Waals surface area contributed by atoms with Crippen molar-refractivity contribution in [1.82, 2.24) is 0 Å². The second-order valence-corrected chi connectivity index (χ2v) is 4.84. The van der Waals surface area contributed by atoms with Gasteiger partial charge in [0.15, 0.2) is 0 Å². The fourth-order valence-electron chi connectivity index (χ4n) is 4.04. The Hall–Kier alpha value is 0. The summed E-state index contributed by atoms with van der Waals surface area (Å²) in [7, 11) is 0. The van der Waals surface area contributed by atoms with Gasteiger partial charge in [-0.3, -0.25) is 0 Å². The largest absolute Gasteiger partial charge is 0.0467 e. The molecule has 0 heterocycles. The van der Waals surface area contributed by atoms with Crippen molar-refractivity contribution in [2.24, 2.45) is 29.1 Å². The first-order chi connectivity index (χ1) is 4.40. The van der Waals surface area contributed by atoms with Crippen LogP contribution < -0.4 is 0 Å². The second kappa shape index (κ2) is 0.810. The van der Waals surface area contributed by atoms with Crippen molar-refractivity contribution in [2.45, 2.75) is 25.7 Å². The van der Waals surface area contributed by atoms with E-state index in [-0.39, 0.29) is 0 Å². The highest BCUT2D eigenvalue weighted by Gasteiger charge is 2.77. The Bertz CT molecular complexity index is 196. The van der Waals surface area contributed by atoms with Gasteiger partial charge < -0.3 is 0 Å². The SMILES string of the molecule is C1C2CC34CC3CC4C12. The lowest BCUT2D eigenvalue weighted by molar-refractivity contribution is 0.163. The maximum atomic E-state index is 1.66. The van der Waals surface area contributed by atoms with Crippen LogP contribution in [-0.2, 0) is 0 Å². The quantitative estimate of drug-likeness (QED) is 0.459. The minimum Gasteiger partial charge on any atom is -0.0467 e. The first-order valence-electron chi connectivity index (χ1n) is 4.40. The van der Waals surface area contributed by atoms with Gasteiger partial charge in [-0.2, -0.15) is 0 Å². The van der Waals surface area contributed by atoms with Crippen molar-refractivity contribution in [3.63, 3.8) is 0 Å². The topological polar surface area (TPSA) is 0 Å². The molecule has 5 unspecified atom stereocenters. The van der Waals surface area contributed by atoms with Crippen molar-refractivity contribution in [1.29, 1.82) is 0 Å². The summed E-state index contributed by atoms with van der Waals surface area (Å²) >= 11 is 0. The minimum absolute atomic E-state index is 1.02. The monoisotopic (exact) mass is 120 g/mol. The van der Waals surface area contributed by atoms with Crippen LogP contribution in [0.25, 0.3) is 0 Å². The van der Waals surface area contributed by atoms with Gasteiger partial charge in [0.05, 0.1) is 0 Å². The normalized spacial score (nSPS) is 80.0. The number of hydrogen-bond donors (Lipinski definition) is 0. The molecule has 4 aliphatic rings. The van der Waals surface area contributed by atoms with Gasteiger partial charge >= 0.3 is 0 Å². The molecule has 5 atom stereocenters. The molecule has 0 aromatic heterocycles. The van der Waals surface area contributed by atoms with Gasteiger partial charge in [-0.15, -0.1) is 0 Å². The average molecular weight is 120 g/mol. The van der Waals surface area contributed by atoms with Crippen molar-refractivity contribution in [2.75, 3.05) is 0 Å². The summed E-state index contributed by atoms with van der Waals surface area (Å²) in [4.78, 5) is 0. The molecule has 0 amide bonds. The molecule has 4 saturated carbocycles. The molecule has 0 radical (unpaired) electrons. The second-order valence-electron chi connectivity index (χ2n) is 4.84. The van der Waals surface area contributed by atoms with Crippen LogP contribution in [0.5, 0.6) is 0 Å². The average Bonchev–Trinajstić information content (AvgIpc) is 2.54. The molecule has 4 rings (SSSR count). The summed E-state index contributed by atoms with van der Waals surface area (Å²) in [6.45, 7) is 0. The molecule has 9 heavy (non-hydrogen) atoms. The van der Waals surface area contributed by atoms with Crippen LogP contribution in [0, 0.1) is 29.1 Å². The Balaban J connectivity index is 1.87. The predicted octanol–water partition coefficient (Wildman–Crippen LogP) is 2.05. The number of hydrogen-bond acceptors (Lipinski definition) is 0. The third-order valence-corrected chi connectivity index (χ3v) is 4.69. The lowest BCUT2D eigenvalue weighted by Gasteiger charge is -2.32. The van der Waals surface area contributed by atoms with Gasteiger partial charge in [0.2, 0.25) is 0 Å². The zero-order chi connectivity index (χ0) is 5.64. The summed E-state index contributed by atoms with van der Waals surface area (Å²) in [6, 6.07) is 0. The van der Waals surface area contributed by atoms with E-state index >= 15 is 0 Å². The van der Waals surface area contributed by atoms with Gasteiger partial charge in [-0.1, -0.05) is 0 Å². The molecule has 0 nitrogen and oxygen atoms in total. The van der Waals surface area contributed by atoms with Crippen LogP contribution in [0.1, 0.15) is 25.7 Å². The standard InChI is InChI=1S/C9H12/c1-5-3-9-4-6(9)2-8(9)7(1)5/h5-8H,1-4H2. The molecular weight excluding hydrogens is 108 g/mol. The predicted molar refractivity (Wildman–Crippen MR) is 34.9 cm³/mol. The van der Waals surface area contributed by atoms with Gasteiger partial charge in [0, 0.05) is 0 Å². The van der Waals surface area contributed by atoms with E-state index in [9.17, 15) is 0 Å². The number of rotatable bonds is 0. The van der Waals surface area contributed by atoms with Crippen molar-refractivity contribution < 1.29 is 0 Å². The molecule has 0 N–H and O–H groups in total. The third-order valence-electron chi connectivity index (χ3n) is 4.69. The smallest absolute Gasteiger partial charge is 0.0232 e. The third kappa shape index (κ3) is 0.249. The summed E-state index contributed by atoms with van der Waals surface area (Å²) in [6.07, 6.45) is 6.57. The fraction of sp³-hybridized carbons (Fsp3) is 1.00. The maximum absolute atomic E-state index is 1.66. The molecule has 0 aromatic rings. The van der Waals surface area contributed by atoms with E-state index in [2.05, 4.69) is 0 Å². The van der Waals surface area contributed by atoms with Crippen LogP contribution in [0.3, 0.4) is 0 Å². The Morgan fingerprint density at radius 2 is 2.11 bits per heavy atom. The molecule has 0 bridgehead atoms. The first-order valence-corrected chi connectivity index (χ1v) is 4.40. The van der Waals surface area contributed by atoms with Gasteiger partial charge in [0.1, 0.15) is 0 Å². The first kappa shape index (κ1) is 4.00. The van der Waals surface area contributed by atoms with E-state index in [1.807, 2.05) is 0 Å². The number of fused-ring (bicyclic) bond motifs is 2. The summed E-state index contributed by atoms with van der Waals surface area (Å²) in [5.74, 6) is 4.99. The molecule has 4 aliphatic carbocycles. The highest BCUT2D eigenvalue weighted by Crippen LogP contribution is 2.85. The molecule has 1 spiro atoms. The highest BCUT2D eigenvalue weighted by atomic mass is 14.8. The molecule has 48 valence electrons. The van der Waals surface area contributed by atoms with E-state index in [0.717, 1.165) is 5.41 Å². The summed E-state index contributed by atoms with van der Waals surface area (Å²) in [5, 5.41) is 0. The van der Waals surface area contributed by atoms with Crippen molar-refractivity contribution >= 4 is 0 Å². The molecule has 0 aromatic carbocycles. The van der Waals surface area contributed by atoms with Crippen LogP contribution >= 0.6 is 0 Å². The minimum atomic E-state index is 1.02. The van der Waals surface area contributed by atoms with E-state index in [1.54, 1.807) is 25.7 Å². The maximum Gasteiger partial charge on any atom is -0.0232 e. The molecule has 0 aliphatic heterocycles. The summed E-state index contributed by atoms with van der Waals surface area (Å²) < 4.78 is 0. The fourth-order valence-corrected chi connectivity index (χ4v) is 4.04. The van der Waals surface area contributed by atoms with Crippen LogP contribution in [0.15, 0.2) is 0 Å². The lowest BCUT2D eigenvalue weighted by Crippen LogP contribution is -2.25. The van der Waals surface area contributed by atoms with Crippen LogP contribution in [-0.4, -0.2) is 0 Å². The molecule has 0 heteroatoms. The Morgan fingerprint density at radius 1 is 1.11 bits per heavy atom. The Morgan fingerprint density at radius 3 is 2.67 bits per heavy atom. The Kier molecular flexibility index (Phi) is 0.360. The van der Waals surface area contributed by atoms with Crippen LogP contribution in [0.4, 0.5) is 0 Å². The molecular formula is C9H12. The van der Waals surface area contributed by atoms with Gasteiger partial charge in [-0.25, -0.2) is 0 Å². The van der Waals surface area contributed by atoms with Gasteiger partial charge in [-0.05, 0) is 54.8 Å². The van der Waals surface area contributed by atoms with E-state index in [1.165, 1.54) is 23.7 Å². The molecule has 0 saturated heterocycles. The van der Waals surface area contributed by atoms with E-state index in [0.29, 0.717) is 0 Å². The van der Waals surface area contributed by atoms with Gasteiger partial charge in [0.25, 0.3) is 0 Å². The van der Waals surface area contributed by atoms with E-state index in [4.69, 9.17) is 0 Å². The zero-order valence-corrected chi connectivity index (χ0v) is 5.64. The van der Waals surface area contributed by atoms with E-state index < -0.39 is 0 Å². The highest BCUT2D eigenvalue weighted by molar-refractivity contribution is 5.26. The zero-order valence-electron chi connectivity index (χ0n) is 5.64.